The van der Waals surface area contributed by atoms with Crippen molar-refractivity contribution in [1.29, 1.82) is 0 Å². The number of aryl methyl sites for hydroxylation is 2. The molecule has 4 rings (SSSR count). The van der Waals surface area contributed by atoms with Gasteiger partial charge >= 0.3 is 0 Å². The molecule has 2 N–H and O–H groups in total. The molecule has 1 aromatic heterocycles. The predicted octanol–water partition coefficient (Wildman–Crippen LogP) is 4.76. The number of anilines is 1. The van der Waals surface area contributed by atoms with E-state index in [0.717, 1.165) is 59.3 Å². The lowest BCUT2D eigenvalue weighted by molar-refractivity contribution is 0.306. The smallest absolute Gasteiger partial charge is 0.173 e. The summed E-state index contributed by atoms with van der Waals surface area (Å²) in [6, 6.07) is 12.2. The molecule has 1 saturated heterocycles. The number of likely N-dealkylation sites (tertiary alicyclic amines) is 1. The van der Waals surface area contributed by atoms with Crippen LogP contribution in [0.1, 0.15) is 35.7 Å². The Morgan fingerprint density at radius 2 is 2.04 bits per heavy atom. The SMILES string of the molecule is COc1ccccc1NC(=S)N1CCCC(c2nc3cc(C)c(C)cc3[nH]2)C1. The van der Waals surface area contributed by atoms with Gasteiger partial charge in [-0.25, -0.2) is 4.98 Å². The Labute approximate surface area is 171 Å². The molecule has 1 fully saturated rings. The highest BCUT2D eigenvalue weighted by Gasteiger charge is 2.25. The average molecular weight is 395 g/mol. The Hall–Kier alpha value is -2.60. The number of para-hydroxylation sites is 2. The predicted molar refractivity (Wildman–Crippen MR) is 118 cm³/mol. The summed E-state index contributed by atoms with van der Waals surface area (Å²) in [6.45, 7) is 6.09. The molecular formula is C22H26N4OS. The van der Waals surface area contributed by atoms with Crippen LogP contribution in [0.3, 0.4) is 0 Å². The number of rotatable bonds is 3. The molecule has 28 heavy (non-hydrogen) atoms. The van der Waals surface area contributed by atoms with Crippen molar-refractivity contribution in [2.45, 2.75) is 32.6 Å². The summed E-state index contributed by atoms with van der Waals surface area (Å²) >= 11 is 5.69. The number of methoxy groups -OCH3 is 1. The van der Waals surface area contributed by atoms with Crippen molar-refractivity contribution >= 4 is 34.1 Å². The number of H-pyrrole nitrogens is 1. The van der Waals surface area contributed by atoms with E-state index in [9.17, 15) is 0 Å². The van der Waals surface area contributed by atoms with Crippen molar-refractivity contribution in [3.8, 4) is 5.75 Å². The first-order valence-electron chi connectivity index (χ1n) is 9.71. The average Bonchev–Trinajstić information content (AvgIpc) is 3.11. The number of benzene rings is 2. The van der Waals surface area contributed by atoms with Gasteiger partial charge in [-0.15, -0.1) is 0 Å². The fraction of sp³-hybridized carbons (Fsp3) is 0.364. The van der Waals surface area contributed by atoms with Crippen LogP contribution in [-0.4, -0.2) is 40.2 Å². The van der Waals surface area contributed by atoms with Crippen LogP contribution < -0.4 is 10.1 Å². The van der Waals surface area contributed by atoms with Gasteiger partial charge in [0, 0.05) is 19.0 Å². The standard InChI is InChI=1S/C22H26N4OS/c1-14-11-18-19(12-15(14)2)24-21(23-18)16-7-6-10-26(13-16)22(28)25-17-8-4-5-9-20(17)27-3/h4-5,8-9,11-12,16H,6-7,10,13H2,1-3H3,(H,23,24)(H,25,28). The third kappa shape index (κ3) is 3.69. The lowest BCUT2D eigenvalue weighted by Gasteiger charge is -2.34. The molecule has 2 aromatic carbocycles. The van der Waals surface area contributed by atoms with Crippen LogP contribution in [0.25, 0.3) is 11.0 Å². The first-order chi connectivity index (χ1) is 13.5. The van der Waals surface area contributed by atoms with Gasteiger partial charge in [0.25, 0.3) is 0 Å². The molecule has 1 aliphatic heterocycles. The molecule has 2 heterocycles. The molecule has 0 radical (unpaired) electrons. The van der Waals surface area contributed by atoms with Crippen LogP contribution >= 0.6 is 12.2 Å². The molecular weight excluding hydrogens is 368 g/mol. The second-order valence-electron chi connectivity index (χ2n) is 7.49. The molecule has 0 saturated carbocycles. The number of hydrogen-bond acceptors (Lipinski definition) is 3. The molecule has 146 valence electrons. The van der Waals surface area contributed by atoms with E-state index in [2.05, 4.69) is 41.2 Å². The summed E-state index contributed by atoms with van der Waals surface area (Å²) < 4.78 is 5.42. The molecule has 1 atom stereocenters. The third-order valence-electron chi connectivity index (χ3n) is 5.56. The fourth-order valence-electron chi connectivity index (χ4n) is 3.81. The molecule has 0 bridgehead atoms. The van der Waals surface area contributed by atoms with Gasteiger partial charge < -0.3 is 19.9 Å². The second kappa shape index (κ2) is 7.80. The van der Waals surface area contributed by atoms with Gasteiger partial charge in [-0.2, -0.15) is 0 Å². The highest BCUT2D eigenvalue weighted by molar-refractivity contribution is 7.80. The topological polar surface area (TPSA) is 53.2 Å². The van der Waals surface area contributed by atoms with Crippen molar-refractivity contribution in [2.24, 2.45) is 0 Å². The number of aromatic amines is 1. The first-order valence-corrected chi connectivity index (χ1v) is 10.1. The van der Waals surface area contributed by atoms with Crippen molar-refractivity contribution in [1.82, 2.24) is 14.9 Å². The summed E-state index contributed by atoms with van der Waals surface area (Å²) in [4.78, 5) is 10.7. The van der Waals surface area contributed by atoms with Crippen molar-refractivity contribution < 1.29 is 4.74 Å². The summed E-state index contributed by atoms with van der Waals surface area (Å²) in [7, 11) is 1.67. The van der Waals surface area contributed by atoms with E-state index in [1.54, 1.807) is 7.11 Å². The first kappa shape index (κ1) is 18.7. The minimum absolute atomic E-state index is 0.346. The lowest BCUT2D eigenvalue weighted by atomic mass is 9.98. The molecule has 0 amide bonds. The maximum absolute atomic E-state index is 5.69. The summed E-state index contributed by atoms with van der Waals surface area (Å²) in [5.41, 5.74) is 5.62. The number of nitrogens with one attached hydrogen (secondary N) is 2. The Bertz CT molecular complexity index is 974. The number of imidazole rings is 1. The summed E-state index contributed by atoms with van der Waals surface area (Å²) in [5.74, 6) is 2.20. The quantitative estimate of drug-likeness (QED) is 0.627. The molecule has 1 unspecified atom stereocenters. The van der Waals surface area contributed by atoms with Crippen LogP contribution in [-0.2, 0) is 0 Å². The van der Waals surface area contributed by atoms with Crippen LogP contribution in [0.5, 0.6) is 5.75 Å². The van der Waals surface area contributed by atoms with Gasteiger partial charge in [0.05, 0.1) is 23.8 Å². The zero-order chi connectivity index (χ0) is 19.7. The van der Waals surface area contributed by atoms with Gasteiger partial charge in [-0.1, -0.05) is 12.1 Å². The van der Waals surface area contributed by atoms with Crippen molar-refractivity contribution in [2.75, 3.05) is 25.5 Å². The van der Waals surface area contributed by atoms with E-state index in [0.29, 0.717) is 5.92 Å². The summed E-state index contributed by atoms with van der Waals surface area (Å²) in [5, 5.41) is 4.08. The Morgan fingerprint density at radius 3 is 2.86 bits per heavy atom. The van der Waals surface area contributed by atoms with Crippen LogP contribution in [0.15, 0.2) is 36.4 Å². The van der Waals surface area contributed by atoms with E-state index in [1.165, 1.54) is 11.1 Å². The minimum atomic E-state index is 0.346. The van der Waals surface area contributed by atoms with Gasteiger partial charge in [0.2, 0.25) is 0 Å². The van der Waals surface area contributed by atoms with E-state index in [4.69, 9.17) is 21.9 Å². The van der Waals surface area contributed by atoms with E-state index >= 15 is 0 Å². The monoisotopic (exact) mass is 394 g/mol. The molecule has 0 spiro atoms. The number of piperidine rings is 1. The summed E-state index contributed by atoms with van der Waals surface area (Å²) in [6.07, 6.45) is 2.21. The van der Waals surface area contributed by atoms with Crippen molar-refractivity contribution in [3.05, 3.63) is 53.3 Å². The Kier molecular flexibility index (Phi) is 5.22. The lowest BCUT2D eigenvalue weighted by Crippen LogP contribution is -2.41. The molecule has 3 aromatic rings. The Balaban J connectivity index is 1.50. The maximum atomic E-state index is 5.69. The number of hydrogen-bond donors (Lipinski definition) is 2. The van der Waals surface area contributed by atoms with Crippen LogP contribution in [0.4, 0.5) is 5.69 Å². The number of nitrogens with zero attached hydrogens (tertiary/aromatic N) is 2. The van der Waals surface area contributed by atoms with Gasteiger partial charge in [-0.3, -0.25) is 0 Å². The molecule has 1 aliphatic rings. The van der Waals surface area contributed by atoms with Gasteiger partial charge in [0.15, 0.2) is 5.11 Å². The van der Waals surface area contributed by atoms with E-state index < -0.39 is 0 Å². The highest BCUT2D eigenvalue weighted by Crippen LogP contribution is 2.29. The molecule has 5 nitrogen and oxygen atoms in total. The highest BCUT2D eigenvalue weighted by atomic mass is 32.1. The Morgan fingerprint density at radius 1 is 1.25 bits per heavy atom. The van der Waals surface area contributed by atoms with E-state index in [1.807, 2.05) is 24.3 Å². The largest absolute Gasteiger partial charge is 0.495 e. The number of fused-ring (bicyclic) bond motifs is 1. The fourth-order valence-corrected chi connectivity index (χ4v) is 4.09. The zero-order valence-electron chi connectivity index (χ0n) is 16.6. The van der Waals surface area contributed by atoms with Gasteiger partial charge in [-0.05, 0) is 74.3 Å². The molecule has 0 aliphatic carbocycles. The zero-order valence-corrected chi connectivity index (χ0v) is 17.4. The van der Waals surface area contributed by atoms with Crippen LogP contribution in [0.2, 0.25) is 0 Å². The second-order valence-corrected chi connectivity index (χ2v) is 7.88. The normalized spacial score (nSPS) is 17.0. The minimum Gasteiger partial charge on any atom is -0.495 e. The van der Waals surface area contributed by atoms with E-state index in [-0.39, 0.29) is 0 Å². The number of thiocarbonyl (C=S) groups is 1. The van der Waals surface area contributed by atoms with Crippen LogP contribution in [0, 0.1) is 13.8 Å². The van der Waals surface area contributed by atoms with Crippen molar-refractivity contribution in [3.63, 3.8) is 0 Å². The molecule has 6 heteroatoms. The number of aromatic nitrogens is 2. The maximum Gasteiger partial charge on any atom is 0.173 e. The number of ether oxygens (including phenoxy) is 1. The van der Waals surface area contributed by atoms with Gasteiger partial charge in [0.1, 0.15) is 11.6 Å². The third-order valence-corrected chi connectivity index (χ3v) is 5.92.